The van der Waals surface area contributed by atoms with Gasteiger partial charge in [-0.2, -0.15) is 0 Å². The molecule has 1 heteroatoms. The van der Waals surface area contributed by atoms with Gasteiger partial charge in [0, 0.05) is 11.5 Å². The van der Waals surface area contributed by atoms with Crippen LogP contribution in [0.25, 0.3) is 5.57 Å². The zero-order valence-electron chi connectivity index (χ0n) is 15.1. The zero-order chi connectivity index (χ0) is 16.3. The van der Waals surface area contributed by atoms with Crippen LogP contribution in [0.2, 0.25) is 0 Å². The maximum atomic E-state index is 3.74. The Kier molecular flexibility index (Phi) is 5.28. The molecular formula is C21H31N. The smallest absolute Gasteiger partial charge is 0.0383 e. The molecule has 22 heavy (non-hydrogen) atoms. The van der Waals surface area contributed by atoms with E-state index in [1.54, 1.807) is 0 Å². The summed E-state index contributed by atoms with van der Waals surface area (Å²) < 4.78 is 0. The van der Waals surface area contributed by atoms with Crippen LogP contribution in [-0.4, -0.2) is 6.54 Å². The number of benzene rings is 1. The number of nitrogens with one attached hydrogen (secondary N) is 1. The van der Waals surface area contributed by atoms with Crippen molar-refractivity contribution in [3.8, 4) is 0 Å². The lowest BCUT2D eigenvalue weighted by Gasteiger charge is -2.31. The van der Waals surface area contributed by atoms with Gasteiger partial charge in [-0.05, 0) is 62.9 Å². The second kappa shape index (κ2) is 6.83. The minimum absolute atomic E-state index is 0.00470. The van der Waals surface area contributed by atoms with Crippen molar-refractivity contribution in [3.63, 3.8) is 0 Å². The van der Waals surface area contributed by atoms with E-state index in [1.165, 1.54) is 40.7 Å². The van der Waals surface area contributed by atoms with Crippen LogP contribution in [0.1, 0.15) is 65.5 Å². The first kappa shape index (κ1) is 17.0. The van der Waals surface area contributed by atoms with Crippen LogP contribution in [0, 0.1) is 5.92 Å². The molecule has 1 unspecified atom stereocenters. The zero-order valence-corrected chi connectivity index (χ0v) is 15.1. The van der Waals surface area contributed by atoms with E-state index in [2.05, 4.69) is 77.2 Å². The molecule has 0 spiro atoms. The van der Waals surface area contributed by atoms with E-state index in [1.807, 2.05) is 0 Å². The average molecular weight is 297 g/mol. The van der Waals surface area contributed by atoms with Crippen LogP contribution >= 0.6 is 0 Å². The topological polar surface area (TPSA) is 12.0 Å². The molecule has 1 atom stereocenters. The fourth-order valence-corrected chi connectivity index (χ4v) is 3.52. The third-order valence-electron chi connectivity index (χ3n) is 4.94. The molecule has 0 aromatic heterocycles. The van der Waals surface area contributed by atoms with Crippen molar-refractivity contribution in [2.45, 2.75) is 59.9 Å². The van der Waals surface area contributed by atoms with Crippen LogP contribution in [0.3, 0.4) is 0 Å². The lowest BCUT2D eigenvalue weighted by molar-refractivity contribution is 0.398. The molecule has 0 heterocycles. The fourth-order valence-electron chi connectivity index (χ4n) is 3.52. The molecular weight excluding hydrogens is 266 g/mol. The van der Waals surface area contributed by atoms with Gasteiger partial charge in [-0.15, -0.1) is 0 Å². The summed E-state index contributed by atoms with van der Waals surface area (Å²) >= 11 is 0. The van der Waals surface area contributed by atoms with Gasteiger partial charge in [-0.3, -0.25) is 0 Å². The van der Waals surface area contributed by atoms with Gasteiger partial charge >= 0.3 is 0 Å². The Balaban J connectivity index is 2.40. The molecule has 0 saturated carbocycles. The Hall–Kier alpha value is -1.34. The van der Waals surface area contributed by atoms with Gasteiger partial charge in [0.25, 0.3) is 0 Å². The van der Waals surface area contributed by atoms with Crippen LogP contribution in [0.15, 0.2) is 41.5 Å². The molecule has 0 fully saturated rings. The molecule has 0 bridgehead atoms. The standard InChI is InChI=1S/C21H31N/c1-7-8-13-22-21(5,6)19-12-10-9-11-18(19)20-16(3)14-15(2)17(20)4/h9-12,14,16,22H,7-8,13H2,1-6H3. The molecule has 1 aromatic rings. The highest BCUT2D eigenvalue weighted by Gasteiger charge is 2.27. The van der Waals surface area contributed by atoms with E-state index >= 15 is 0 Å². The van der Waals surface area contributed by atoms with Crippen LogP contribution < -0.4 is 5.32 Å². The summed E-state index contributed by atoms with van der Waals surface area (Å²) in [6, 6.07) is 8.91. The summed E-state index contributed by atoms with van der Waals surface area (Å²) in [6.07, 6.45) is 4.85. The summed E-state index contributed by atoms with van der Waals surface area (Å²) in [5, 5.41) is 3.74. The molecule has 1 aliphatic carbocycles. The van der Waals surface area contributed by atoms with Crippen molar-refractivity contribution in [2.75, 3.05) is 6.54 Å². The van der Waals surface area contributed by atoms with Crippen molar-refractivity contribution in [2.24, 2.45) is 5.92 Å². The highest BCUT2D eigenvalue weighted by atomic mass is 14.9. The van der Waals surface area contributed by atoms with Crippen molar-refractivity contribution in [3.05, 3.63) is 52.6 Å². The van der Waals surface area contributed by atoms with Crippen LogP contribution in [0.4, 0.5) is 0 Å². The first-order valence-electron chi connectivity index (χ1n) is 8.63. The number of allylic oxidation sites excluding steroid dienone is 4. The van der Waals surface area contributed by atoms with Crippen LogP contribution in [0.5, 0.6) is 0 Å². The van der Waals surface area contributed by atoms with Gasteiger partial charge in [0.15, 0.2) is 0 Å². The monoisotopic (exact) mass is 297 g/mol. The third-order valence-corrected chi connectivity index (χ3v) is 4.94. The lowest BCUT2D eigenvalue weighted by atomic mass is 9.83. The average Bonchev–Trinajstić information content (AvgIpc) is 2.72. The Morgan fingerprint density at radius 3 is 2.41 bits per heavy atom. The summed E-state index contributed by atoms with van der Waals surface area (Å²) in [6.45, 7) is 14.7. The van der Waals surface area contributed by atoms with Gasteiger partial charge < -0.3 is 5.32 Å². The van der Waals surface area contributed by atoms with Gasteiger partial charge in [0.1, 0.15) is 0 Å². The largest absolute Gasteiger partial charge is 0.308 e. The Morgan fingerprint density at radius 1 is 1.14 bits per heavy atom. The molecule has 0 aliphatic heterocycles. The summed E-state index contributed by atoms with van der Waals surface area (Å²) in [4.78, 5) is 0. The number of unbranched alkanes of at least 4 members (excludes halogenated alkanes) is 1. The first-order valence-corrected chi connectivity index (χ1v) is 8.63. The molecule has 2 rings (SSSR count). The minimum atomic E-state index is -0.00470. The van der Waals surface area contributed by atoms with Crippen molar-refractivity contribution >= 4 is 5.57 Å². The lowest BCUT2D eigenvalue weighted by Crippen LogP contribution is -2.38. The summed E-state index contributed by atoms with van der Waals surface area (Å²) in [5.74, 6) is 0.507. The SMILES string of the molecule is CCCCNC(C)(C)c1ccccc1C1=C(C)C(C)=CC1C. The van der Waals surface area contributed by atoms with Crippen molar-refractivity contribution in [1.82, 2.24) is 5.32 Å². The summed E-state index contributed by atoms with van der Waals surface area (Å²) in [7, 11) is 0. The molecule has 1 nitrogen and oxygen atoms in total. The minimum Gasteiger partial charge on any atom is -0.308 e. The third kappa shape index (κ3) is 3.35. The van der Waals surface area contributed by atoms with E-state index in [4.69, 9.17) is 0 Å². The molecule has 0 amide bonds. The normalized spacial score (nSPS) is 18.8. The molecule has 0 radical (unpaired) electrons. The second-order valence-corrected chi connectivity index (χ2v) is 7.13. The van der Waals surface area contributed by atoms with Gasteiger partial charge in [-0.25, -0.2) is 0 Å². The Bertz CT molecular complexity index is 590. The number of hydrogen-bond acceptors (Lipinski definition) is 1. The van der Waals surface area contributed by atoms with E-state index in [0.717, 1.165) is 6.54 Å². The van der Waals surface area contributed by atoms with Gasteiger partial charge in [0.2, 0.25) is 0 Å². The van der Waals surface area contributed by atoms with Crippen molar-refractivity contribution < 1.29 is 0 Å². The highest BCUT2D eigenvalue weighted by Crippen LogP contribution is 2.40. The van der Waals surface area contributed by atoms with Crippen LogP contribution in [-0.2, 0) is 5.54 Å². The van der Waals surface area contributed by atoms with Crippen molar-refractivity contribution in [1.29, 1.82) is 0 Å². The first-order chi connectivity index (χ1) is 10.4. The van der Waals surface area contributed by atoms with Gasteiger partial charge in [0.05, 0.1) is 0 Å². The van der Waals surface area contributed by atoms with E-state index in [-0.39, 0.29) is 5.54 Å². The predicted molar refractivity (Wildman–Crippen MR) is 97.9 cm³/mol. The second-order valence-electron chi connectivity index (χ2n) is 7.13. The molecule has 120 valence electrons. The number of rotatable bonds is 6. The molecule has 1 aromatic carbocycles. The maximum absolute atomic E-state index is 3.74. The molecule has 1 N–H and O–H groups in total. The van der Waals surface area contributed by atoms with E-state index < -0.39 is 0 Å². The maximum Gasteiger partial charge on any atom is 0.0383 e. The Labute approximate surface area is 136 Å². The number of hydrogen-bond donors (Lipinski definition) is 1. The summed E-state index contributed by atoms with van der Waals surface area (Å²) in [5.41, 5.74) is 7.19. The van der Waals surface area contributed by atoms with E-state index in [0.29, 0.717) is 5.92 Å². The Morgan fingerprint density at radius 2 is 1.82 bits per heavy atom. The molecule has 1 aliphatic rings. The fraction of sp³-hybridized carbons (Fsp3) is 0.524. The van der Waals surface area contributed by atoms with Gasteiger partial charge in [-0.1, -0.05) is 56.2 Å². The van der Waals surface area contributed by atoms with E-state index in [9.17, 15) is 0 Å². The highest BCUT2D eigenvalue weighted by molar-refractivity contribution is 5.80. The quantitative estimate of drug-likeness (QED) is 0.666. The molecule has 0 saturated heterocycles. The predicted octanol–water partition coefficient (Wildman–Crippen LogP) is 5.68.